The van der Waals surface area contributed by atoms with E-state index in [-0.39, 0.29) is 11.9 Å². The van der Waals surface area contributed by atoms with Gasteiger partial charge in [-0.15, -0.1) is 0 Å². The van der Waals surface area contributed by atoms with E-state index in [9.17, 15) is 4.79 Å². The number of halogens is 1. The number of carbonyl (C=O) groups is 1. The minimum atomic E-state index is 0.213. The third-order valence-corrected chi connectivity index (χ3v) is 4.41. The molecule has 24 heavy (non-hydrogen) atoms. The highest BCUT2D eigenvalue weighted by Gasteiger charge is 2.25. The summed E-state index contributed by atoms with van der Waals surface area (Å²) in [5.74, 6) is 1.79. The van der Waals surface area contributed by atoms with Gasteiger partial charge in [0.25, 0.3) is 0 Å². The van der Waals surface area contributed by atoms with Crippen molar-refractivity contribution in [3.63, 3.8) is 0 Å². The predicted octanol–water partition coefficient (Wildman–Crippen LogP) is 2.00. The monoisotopic (exact) mass is 396 g/mol. The van der Waals surface area contributed by atoms with Crippen LogP contribution in [0.3, 0.4) is 0 Å². The Morgan fingerprint density at radius 2 is 2.17 bits per heavy atom. The molecule has 1 aliphatic rings. The van der Waals surface area contributed by atoms with E-state index in [0.717, 1.165) is 35.7 Å². The van der Waals surface area contributed by atoms with Gasteiger partial charge in [-0.25, -0.2) is 0 Å². The molecule has 0 saturated carbocycles. The number of carbonyl (C=O) groups excluding carboxylic acids is 1. The molecule has 1 saturated heterocycles. The van der Waals surface area contributed by atoms with Crippen molar-refractivity contribution in [2.24, 2.45) is 4.99 Å². The smallest absolute Gasteiger partial charge is 0.222 e. The Kier molecular flexibility index (Phi) is 7.36. The summed E-state index contributed by atoms with van der Waals surface area (Å²) in [5.41, 5.74) is 0. The number of nitrogens with zero attached hydrogens (tertiary/aromatic N) is 2. The van der Waals surface area contributed by atoms with Crippen LogP contribution in [0.25, 0.3) is 0 Å². The SMILES string of the molecule is CCC(=O)N1CCC(NC(=NC)NCCOc2ccc(Br)cc2)C1. The summed E-state index contributed by atoms with van der Waals surface area (Å²) >= 11 is 3.40. The zero-order valence-electron chi connectivity index (χ0n) is 14.2. The van der Waals surface area contributed by atoms with Crippen LogP contribution in [0.2, 0.25) is 0 Å². The Labute approximate surface area is 151 Å². The number of aliphatic imine (C=N–C) groups is 1. The molecule has 0 aliphatic carbocycles. The molecule has 6 nitrogen and oxygen atoms in total. The van der Waals surface area contributed by atoms with Crippen molar-refractivity contribution in [3.05, 3.63) is 28.7 Å². The van der Waals surface area contributed by atoms with E-state index >= 15 is 0 Å². The van der Waals surface area contributed by atoms with Crippen LogP contribution >= 0.6 is 15.9 Å². The molecule has 7 heteroatoms. The van der Waals surface area contributed by atoms with Crippen molar-refractivity contribution in [2.45, 2.75) is 25.8 Å². The second-order valence-electron chi connectivity index (χ2n) is 5.62. The van der Waals surface area contributed by atoms with Crippen LogP contribution in [-0.4, -0.2) is 56.1 Å². The number of guanidine groups is 1. The highest BCUT2D eigenvalue weighted by atomic mass is 79.9. The molecule has 1 fully saturated rings. The van der Waals surface area contributed by atoms with Crippen LogP contribution in [-0.2, 0) is 4.79 Å². The Morgan fingerprint density at radius 3 is 2.83 bits per heavy atom. The normalized spacial score (nSPS) is 17.7. The molecule has 1 aliphatic heterocycles. The molecule has 0 spiro atoms. The molecule has 1 heterocycles. The van der Waals surface area contributed by atoms with Gasteiger partial charge in [0.15, 0.2) is 5.96 Å². The Bertz CT molecular complexity index is 562. The van der Waals surface area contributed by atoms with Crippen LogP contribution in [0.1, 0.15) is 19.8 Å². The third kappa shape index (κ3) is 5.70. The van der Waals surface area contributed by atoms with Crippen LogP contribution < -0.4 is 15.4 Å². The number of nitrogens with one attached hydrogen (secondary N) is 2. The molecule has 2 N–H and O–H groups in total. The largest absolute Gasteiger partial charge is 0.492 e. The standard InChI is InChI=1S/C17H25BrN4O2/c1-3-16(23)22-10-8-14(12-22)21-17(19-2)20-9-11-24-15-6-4-13(18)5-7-15/h4-7,14H,3,8-12H2,1-2H3,(H2,19,20,21). The first kappa shape index (κ1) is 18.6. The van der Waals surface area contributed by atoms with Crippen LogP contribution in [0, 0.1) is 0 Å². The van der Waals surface area contributed by atoms with E-state index < -0.39 is 0 Å². The number of benzene rings is 1. The zero-order valence-corrected chi connectivity index (χ0v) is 15.8. The fourth-order valence-electron chi connectivity index (χ4n) is 2.59. The van der Waals surface area contributed by atoms with Gasteiger partial charge in [0.05, 0.1) is 6.54 Å². The van der Waals surface area contributed by atoms with Gasteiger partial charge in [-0.2, -0.15) is 0 Å². The van der Waals surface area contributed by atoms with Crippen molar-refractivity contribution in [1.82, 2.24) is 15.5 Å². The summed E-state index contributed by atoms with van der Waals surface area (Å²) in [6, 6.07) is 8.00. The Morgan fingerprint density at radius 1 is 1.42 bits per heavy atom. The van der Waals surface area contributed by atoms with E-state index in [2.05, 4.69) is 31.6 Å². The minimum Gasteiger partial charge on any atom is -0.492 e. The van der Waals surface area contributed by atoms with E-state index in [0.29, 0.717) is 19.6 Å². The highest BCUT2D eigenvalue weighted by Crippen LogP contribution is 2.15. The topological polar surface area (TPSA) is 66.0 Å². The molecule has 2 rings (SSSR count). The molecule has 1 atom stereocenters. The summed E-state index contributed by atoms with van der Waals surface area (Å²) < 4.78 is 6.70. The summed E-state index contributed by atoms with van der Waals surface area (Å²) in [6.07, 6.45) is 1.51. The molecular weight excluding hydrogens is 372 g/mol. The fourth-order valence-corrected chi connectivity index (χ4v) is 2.85. The molecule has 132 valence electrons. The van der Waals surface area contributed by atoms with Crippen molar-refractivity contribution in [3.8, 4) is 5.75 Å². The van der Waals surface area contributed by atoms with Crippen molar-refractivity contribution >= 4 is 27.8 Å². The average Bonchev–Trinajstić information content (AvgIpc) is 3.07. The van der Waals surface area contributed by atoms with Crippen molar-refractivity contribution in [2.75, 3.05) is 33.3 Å². The summed E-state index contributed by atoms with van der Waals surface area (Å²) in [6.45, 7) is 4.65. The second-order valence-corrected chi connectivity index (χ2v) is 6.54. The number of hydrogen-bond donors (Lipinski definition) is 2. The molecule has 0 bridgehead atoms. The maximum absolute atomic E-state index is 11.7. The second kappa shape index (κ2) is 9.52. The summed E-state index contributed by atoms with van der Waals surface area (Å²) in [5, 5.41) is 6.60. The first-order valence-corrected chi connectivity index (χ1v) is 9.05. The highest BCUT2D eigenvalue weighted by molar-refractivity contribution is 9.10. The third-order valence-electron chi connectivity index (χ3n) is 3.88. The molecule has 1 aromatic carbocycles. The van der Waals surface area contributed by atoms with E-state index in [1.54, 1.807) is 7.05 Å². The van der Waals surface area contributed by atoms with Crippen molar-refractivity contribution < 1.29 is 9.53 Å². The number of amides is 1. The lowest BCUT2D eigenvalue weighted by atomic mass is 10.3. The van der Waals surface area contributed by atoms with Crippen LogP contribution in [0.4, 0.5) is 0 Å². The predicted molar refractivity (Wildman–Crippen MR) is 99.4 cm³/mol. The lowest BCUT2D eigenvalue weighted by molar-refractivity contribution is -0.129. The Balaban J connectivity index is 1.67. The lowest BCUT2D eigenvalue weighted by Gasteiger charge is -2.18. The molecule has 1 aromatic rings. The van der Waals surface area contributed by atoms with Crippen molar-refractivity contribution in [1.29, 1.82) is 0 Å². The summed E-state index contributed by atoms with van der Waals surface area (Å²) in [7, 11) is 1.74. The maximum atomic E-state index is 11.7. The number of rotatable bonds is 6. The van der Waals surface area contributed by atoms with E-state index in [1.807, 2.05) is 36.1 Å². The maximum Gasteiger partial charge on any atom is 0.222 e. The Hall–Kier alpha value is -1.76. The van der Waals surface area contributed by atoms with Crippen LogP contribution in [0.5, 0.6) is 5.75 Å². The minimum absolute atomic E-state index is 0.213. The average molecular weight is 397 g/mol. The van der Waals surface area contributed by atoms with Gasteiger partial charge in [-0.3, -0.25) is 9.79 Å². The van der Waals surface area contributed by atoms with Gasteiger partial charge >= 0.3 is 0 Å². The fraction of sp³-hybridized carbons (Fsp3) is 0.529. The summed E-state index contributed by atoms with van der Waals surface area (Å²) in [4.78, 5) is 17.8. The van der Waals surface area contributed by atoms with Gasteiger partial charge in [0.1, 0.15) is 12.4 Å². The van der Waals surface area contributed by atoms with Crippen LogP contribution in [0.15, 0.2) is 33.7 Å². The lowest BCUT2D eigenvalue weighted by Crippen LogP contribution is -2.46. The molecule has 0 aromatic heterocycles. The molecule has 1 unspecified atom stereocenters. The molecular formula is C17H25BrN4O2. The quantitative estimate of drug-likeness (QED) is 0.438. The van der Waals surface area contributed by atoms with Gasteiger partial charge in [-0.05, 0) is 30.7 Å². The van der Waals surface area contributed by atoms with E-state index in [1.165, 1.54) is 0 Å². The molecule has 1 amide bonds. The van der Waals surface area contributed by atoms with Gasteiger partial charge in [0, 0.05) is 37.1 Å². The number of likely N-dealkylation sites (tertiary alicyclic amines) is 1. The molecule has 0 radical (unpaired) electrons. The zero-order chi connectivity index (χ0) is 17.4. The number of ether oxygens (including phenoxy) is 1. The number of hydrogen-bond acceptors (Lipinski definition) is 3. The first-order valence-electron chi connectivity index (χ1n) is 8.25. The first-order chi connectivity index (χ1) is 11.6. The van der Waals surface area contributed by atoms with Gasteiger partial charge in [0.2, 0.25) is 5.91 Å². The van der Waals surface area contributed by atoms with E-state index in [4.69, 9.17) is 4.74 Å². The van der Waals surface area contributed by atoms with Gasteiger partial charge < -0.3 is 20.3 Å². The van der Waals surface area contributed by atoms with Gasteiger partial charge in [-0.1, -0.05) is 22.9 Å².